The fourth-order valence-corrected chi connectivity index (χ4v) is 2.41. The molecule has 0 saturated heterocycles. The first kappa shape index (κ1) is 13.6. The van der Waals surface area contributed by atoms with Crippen LogP contribution in [0.4, 0.5) is 5.82 Å². The Kier molecular flexibility index (Phi) is 3.78. The molecule has 0 radical (unpaired) electrons. The Morgan fingerprint density at radius 1 is 1.15 bits per heavy atom. The number of nitrogens with two attached hydrogens (primary N) is 1. The third-order valence-corrected chi connectivity index (χ3v) is 4.02. The van der Waals surface area contributed by atoms with Gasteiger partial charge in [-0.2, -0.15) is 0 Å². The molecule has 1 aliphatic rings. The first-order valence-electron chi connectivity index (χ1n) is 6.44. The maximum atomic E-state index is 6.03. The molecule has 0 bridgehead atoms. The maximum Gasteiger partial charge on any atom is 0.143 e. The third kappa shape index (κ3) is 3.03. The fourth-order valence-electron chi connectivity index (χ4n) is 2.09. The van der Waals surface area contributed by atoms with Gasteiger partial charge in [0, 0.05) is 24.1 Å². The summed E-state index contributed by atoms with van der Waals surface area (Å²) in [5.41, 5.74) is 4.68. The van der Waals surface area contributed by atoms with E-state index in [1.165, 1.54) is 12.8 Å². The normalized spacial score (nSPS) is 14.3. The van der Waals surface area contributed by atoms with E-state index in [9.17, 15) is 0 Å². The second-order valence-electron chi connectivity index (χ2n) is 4.94. The molecule has 6 heteroatoms. The van der Waals surface area contributed by atoms with Gasteiger partial charge in [-0.3, -0.25) is 0 Å². The van der Waals surface area contributed by atoms with Crippen LogP contribution in [0.1, 0.15) is 35.8 Å². The van der Waals surface area contributed by atoms with Crippen LogP contribution in [0.3, 0.4) is 0 Å². The molecule has 104 valence electrons. The van der Waals surface area contributed by atoms with Crippen LogP contribution in [0.5, 0.6) is 0 Å². The third-order valence-electron chi connectivity index (χ3n) is 3.28. The van der Waals surface area contributed by atoms with Crippen molar-refractivity contribution in [2.45, 2.75) is 25.2 Å². The second-order valence-corrected chi connectivity index (χ2v) is 5.75. The van der Waals surface area contributed by atoms with E-state index in [0.29, 0.717) is 28.2 Å². The number of aromatic nitrogens is 2. The number of benzene rings is 1. The van der Waals surface area contributed by atoms with Crippen molar-refractivity contribution in [1.29, 1.82) is 0 Å². The molecule has 1 fully saturated rings. The Bertz CT molecular complexity index is 641. The van der Waals surface area contributed by atoms with Crippen molar-refractivity contribution in [2.24, 2.45) is 5.84 Å². The van der Waals surface area contributed by atoms with Gasteiger partial charge in [0.05, 0.1) is 10.0 Å². The van der Waals surface area contributed by atoms with Gasteiger partial charge in [0.1, 0.15) is 11.6 Å². The molecule has 0 spiro atoms. The summed E-state index contributed by atoms with van der Waals surface area (Å²) in [5, 5.41) is 1.09. The Morgan fingerprint density at radius 3 is 2.60 bits per heavy atom. The topological polar surface area (TPSA) is 63.8 Å². The average molecular weight is 309 g/mol. The number of nitrogens with zero attached hydrogens (tertiary/aromatic N) is 2. The highest BCUT2D eigenvalue weighted by atomic mass is 35.5. The largest absolute Gasteiger partial charge is 0.308 e. The van der Waals surface area contributed by atoms with Gasteiger partial charge in [-0.05, 0) is 30.5 Å². The number of halogens is 2. The van der Waals surface area contributed by atoms with Crippen molar-refractivity contribution in [3.05, 3.63) is 51.4 Å². The molecule has 0 unspecified atom stereocenters. The summed E-state index contributed by atoms with van der Waals surface area (Å²) in [4.78, 5) is 8.99. The summed E-state index contributed by atoms with van der Waals surface area (Å²) < 4.78 is 0. The smallest absolute Gasteiger partial charge is 0.143 e. The molecule has 1 aliphatic carbocycles. The average Bonchev–Trinajstić information content (AvgIpc) is 3.27. The van der Waals surface area contributed by atoms with E-state index in [1.54, 1.807) is 6.07 Å². The summed E-state index contributed by atoms with van der Waals surface area (Å²) in [6.07, 6.45) is 2.98. The Balaban J connectivity index is 1.88. The van der Waals surface area contributed by atoms with Crippen LogP contribution in [-0.2, 0) is 6.42 Å². The van der Waals surface area contributed by atoms with Crippen molar-refractivity contribution in [3.63, 3.8) is 0 Å². The van der Waals surface area contributed by atoms with E-state index in [1.807, 2.05) is 18.2 Å². The second kappa shape index (κ2) is 5.56. The SMILES string of the molecule is NNc1cc(C2CC2)nc(Cc2ccc(Cl)c(Cl)c2)n1. The Labute approximate surface area is 127 Å². The highest BCUT2D eigenvalue weighted by molar-refractivity contribution is 6.42. The molecule has 1 aromatic heterocycles. The van der Waals surface area contributed by atoms with Gasteiger partial charge in [-0.1, -0.05) is 29.3 Å². The number of nitrogen functional groups attached to an aromatic ring is 1. The number of hydrogen-bond donors (Lipinski definition) is 2. The maximum absolute atomic E-state index is 6.03. The lowest BCUT2D eigenvalue weighted by molar-refractivity contribution is 0.899. The van der Waals surface area contributed by atoms with Crippen LogP contribution in [0.2, 0.25) is 10.0 Å². The first-order valence-corrected chi connectivity index (χ1v) is 7.19. The van der Waals surface area contributed by atoms with Crippen molar-refractivity contribution in [1.82, 2.24) is 9.97 Å². The predicted octanol–water partition coefficient (Wildman–Crippen LogP) is 3.54. The van der Waals surface area contributed by atoms with Crippen molar-refractivity contribution in [2.75, 3.05) is 5.43 Å². The lowest BCUT2D eigenvalue weighted by Crippen LogP contribution is -2.11. The molecule has 0 aliphatic heterocycles. The number of rotatable bonds is 4. The standard InChI is InChI=1S/C14H14Cl2N4/c15-10-4-1-8(5-11(10)16)6-13-18-12(9-2-3-9)7-14(19-13)20-17/h1,4-5,7,9H,2-3,6,17H2,(H,18,19,20). The molecular formula is C14H14Cl2N4. The molecule has 2 aromatic rings. The summed E-state index contributed by atoms with van der Waals surface area (Å²) in [6, 6.07) is 7.46. The minimum absolute atomic E-state index is 0.541. The highest BCUT2D eigenvalue weighted by Gasteiger charge is 2.26. The van der Waals surface area contributed by atoms with E-state index < -0.39 is 0 Å². The monoisotopic (exact) mass is 308 g/mol. The zero-order valence-electron chi connectivity index (χ0n) is 10.7. The Morgan fingerprint density at radius 2 is 1.95 bits per heavy atom. The summed E-state index contributed by atoms with van der Waals surface area (Å²) in [5.74, 6) is 7.41. The zero-order valence-corrected chi connectivity index (χ0v) is 12.2. The van der Waals surface area contributed by atoms with Gasteiger partial charge in [-0.15, -0.1) is 0 Å². The van der Waals surface area contributed by atoms with Crippen LogP contribution >= 0.6 is 23.2 Å². The summed E-state index contributed by atoms with van der Waals surface area (Å²) in [7, 11) is 0. The summed E-state index contributed by atoms with van der Waals surface area (Å²) >= 11 is 11.9. The van der Waals surface area contributed by atoms with Gasteiger partial charge in [0.15, 0.2) is 0 Å². The van der Waals surface area contributed by atoms with Gasteiger partial charge in [-0.25, -0.2) is 15.8 Å². The van der Waals surface area contributed by atoms with Crippen molar-refractivity contribution < 1.29 is 0 Å². The van der Waals surface area contributed by atoms with E-state index in [4.69, 9.17) is 29.0 Å². The van der Waals surface area contributed by atoms with Crippen LogP contribution in [0, 0.1) is 0 Å². The van der Waals surface area contributed by atoms with Crippen molar-refractivity contribution >= 4 is 29.0 Å². The molecule has 0 amide bonds. The Hall–Kier alpha value is -1.36. The number of hydrazine groups is 1. The van der Waals surface area contributed by atoms with E-state index in [2.05, 4.69) is 15.4 Å². The van der Waals surface area contributed by atoms with Crippen LogP contribution in [-0.4, -0.2) is 9.97 Å². The molecule has 1 saturated carbocycles. The van der Waals surface area contributed by atoms with Crippen LogP contribution in [0.25, 0.3) is 0 Å². The lowest BCUT2D eigenvalue weighted by Gasteiger charge is -2.08. The minimum atomic E-state index is 0.541. The lowest BCUT2D eigenvalue weighted by atomic mass is 10.1. The van der Waals surface area contributed by atoms with E-state index in [0.717, 1.165) is 17.1 Å². The van der Waals surface area contributed by atoms with Gasteiger partial charge in [0.25, 0.3) is 0 Å². The summed E-state index contributed by atoms with van der Waals surface area (Å²) in [6.45, 7) is 0. The van der Waals surface area contributed by atoms with Gasteiger partial charge >= 0.3 is 0 Å². The first-order chi connectivity index (χ1) is 9.65. The zero-order chi connectivity index (χ0) is 14.1. The molecular weight excluding hydrogens is 295 g/mol. The molecule has 3 rings (SSSR count). The van der Waals surface area contributed by atoms with E-state index >= 15 is 0 Å². The van der Waals surface area contributed by atoms with Gasteiger partial charge < -0.3 is 5.43 Å². The molecule has 4 nitrogen and oxygen atoms in total. The number of nitrogens with one attached hydrogen (secondary N) is 1. The van der Waals surface area contributed by atoms with Crippen LogP contribution in [0.15, 0.2) is 24.3 Å². The molecule has 1 aromatic carbocycles. The van der Waals surface area contributed by atoms with Gasteiger partial charge in [0.2, 0.25) is 0 Å². The van der Waals surface area contributed by atoms with Crippen LogP contribution < -0.4 is 11.3 Å². The molecule has 20 heavy (non-hydrogen) atoms. The number of hydrogen-bond acceptors (Lipinski definition) is 4. The predicted molar refractivity (Wildman–Crippen MR) is 81.1 cm³/mol. The quantitative estimate of drug-likeness (QED) is 0.670. The van der Waals surface area contributed by atoms with Crippen molar-refractivity contribution in [3.8, 4) is 0 Å². The minimum Gasteiger partial charge on any atom is -0.308 e. The highest BCUT2D eigenvalue weighted by Crippen LogP contribution is 2.39. The molecule has 3 N–H and O–H groups in total. The number of anilines is 1. The molecule has 1 heterocycles. The molecule has 0 atom stereocenters. The fraction of sp³-hybridized carbons (Fsp3) is 0.286. The van der Waals surface area contributed by atoms with E-state index in [-0.39, 0.29) is 0 Å².